The Kier molecular flexibility index (Phi) is 4.38. The maximum Gasteiger partial charge on any atom is 0.251 e. The number of fused-ring (bicyclic) bond motifs is 1. The van der Waals surface area contributed by atoms with Gasteiger partial charge < -0.3 is 10.3 Å². The van der Waals surface area contributed by atoms with Gasteiger partial charge in [0.25, 0.3) is 5.56 Å². The van der Waals surface area contributed by atoms with E-state index in [0.717, 1.165) is 29.4 Å². The number of hydrogen-bond acceptors (Lipinski definition) is 2. The van der Waals surface area contributed by atoms with Gasteiger partial charge in [0.15, 0.2) is 0 Å². The van der Waals surface area contributed by atoms with Crippen molar-refractivity contribution in [2.24, 2.45) is 5.92 Å². The second-order valence-electron chi connectivity index (χ2n) is 5.24. The molecule has 2 aromatic rings. The zero-order valence-electron chi connectivity index (χ0n) is 11.9. The second-order valence-corrected chi connectivity index (χ2v) is 5.24. The molecule has 0 amide bonds. The Labute approximate surface area is 114 Å². The number of benzene rings is 1. The average Bonchev–Trinajstić information content (AvgIpc) is 2.40. The normalized spacial score (nSPS) is 12.8. The van der Waals surface area contributed by atoms with Gasteiger partial charge >= 0.3 is 0 Å². The van der Waals surface area contributed by atoms with Gasteiger partial charge in [-0.25, -0.2) is 0 Å². The molecule has 0 spiro atoms. The zero-order valence-corrected chi connectivity index (χ0v) is 11.9. The van der Waals surface area contributed by atoms with Gasteiger partial charge in [0.2, 0.25) is 0 Å². The first-order valence-corrected chi connectivity index (χ1v) is 6.91. The average molecular weight is 258 g/mol. The highest BCUT2D eigenvalue weighted by molar-refractivity contribution is 5.79. The third kappa shape index (κ3) is 3.24. The van der Waals surface area contributed by atoms with Crippen LogP contribution < -0.4 is 10.9 Å². The third-order valence-corrected chi connectivity index (χ3v) is 3.69. The van der Waals surface area contributed by atoms with Crippen molar-refractivity contribution >= 4 is 10.9 Å². The number of rotatable bonds is 5. The summed E-state index contributed by atoms with van der Waals surface area (Å²) in [6.45, 7) is 5.12. The lowest BCUT2D eigenvalue weighted by Crippen LogP contribution is -2.20. The highest BCUT2D eigenvalue weighted by Crippen LogP contribution is 2.17. The van der Waals surface area contributed by atoms with Crippen molar-refractivity contribution in [3.8, 4) is 0 Å². The summed E-state index contributed by atoms with van der Waals surface area (Å²) in [5.74, 6) is 0.659. The van der Waals surface area contributed by atoms with E-state index in [1.54, 1.807) is 0 Å². The number of aromatic amines is 1. The van der Waals surface area contributed by atoms with Crippen molar-refractivity contribution in [1.82, 2.24) is 10.3 Å². The molecule has 0 aliphatic rings. The van der Waals surface area contributed by atoms with Gasteiger partial charge in [-0.3, -0.25) is 4.79 Å². The van der Waals surface area contributed by atoms with E-state index >= 15 is 0 Å². The Morgan fingerprint density at radius 3 is 2.79 bits per heavy atom. The van der Waals surface area contributed by atoms with E-state index in [4.69, 9.17) is 0 Å². The lowest BCUT2D eigenvalue weighted by Gasteiger charge is -2.14. The molecule has 0 fully saturated rings. The number of nitrogens with one attached hydrogen (secondary N) is 2. The molecule has 1 unspecified atom stereocenters. The monoisotopic (exact) mass is 258 g/mol. The van der Waals surface area contributed by atoms with E-state index < -0.39 is 0 Å². The maximum absolute atomic E-state index is 11.6. The molecule has 0 radical (unpaired) electrons. The van der Waals surface area contributed by atoms with Gasteiger partial charge in [0.1, 0.15) is 0 Å². The van der Waals surface area contributed by atoms with Crippen LogP contribution in [0.4, 0.5) is 0 Å². The van der Waals surface area contributed by atoms with Crippen LogP contribution in [0.25, 0.3) is 10.9 Å². The summed E-state index contributed by atoms with van der Waals surface area (Å²) in [5, 5.41) is 4.36. The Balaban J connectivity index is 2.30. The number of aromatic nitrogens is 1. The van der Waals surface area contributed by atoms with E-state index in [1.807, 2.05) is 26.1 Å². The molecule has 0 aliphatic heterocycles. The van der Waals surface area contributed by atoms with Gasteiger partial charge in [-0.1, -0.05) is 19.4 Å². The van der Waals surface area contributed by atoms with Crippen molar-refractivity contribution < 1.29 is 0 Å². The van der Waals surface area contributed by atoms with Gasteiger partial charge in [0.05, 0.1) is 0 Å². The summed E-state index contributed by atoms with van der Waals surface area (Å²) in [6.07, 6.45) is 2.25. The largest absolute Gasteiger partial charge is 0.322 e. The highest BCUT2D eigenvalue weighted by Gasteiger charge is 2.07. The minimum atomic E-state index is 0.00173. The summed E-state index contributed by atoms with van der Waals surface area (Å²) in [4.78, 5) is 14.5. The molecular weight excluding hydrogens is 236 g/mol. The van der Waals surface area contributed by atoms with E-state index in [9.17, 15) is 4.79 Å². The molecule has 1 aromatic carbocycles. The van der Waals surface area contributed by atoms with Gasteiger partial charge in [-0.2, -0.15) is 0 Å². The fourth-order valence-electron chi connectivity index (χ4n) is 2.47. The van der Waals surface area contributed by atoms with E-state index in [0.29, 0.717) is 5.92 Å². The summed E-state index contributed by atoms with van der Waals surface area (Å²) in [7, 11) is 2.00. The molecular formula is C16H22N2O. The van der Waals surface area contributed by atoms with Gasteiger partial charge in [-0.15, -0.1) is 0 Å². The third-order valence-electron chi connectivity index (χ3n) is 3.69. The van der Waals surface area contributed by atoms with Crippen LogP contribution in [0.3, 0.4) is 0 Å². The van der Waals surface area contributed by atoms with Crippen LogP contribution in [0.15, 0.2) is 29.1 Å². The van der Waals surface area contributed by atoms with Crippen LogP contribution in [0, 0.1) is 12.8 Å². The molecule has 0 saturated heterocycles. The van der Waals surface area contributed by atoms with Crippen molar-refractivity contribution in [3.63, 3.8) is 0 Å². The lowest BCUT2D eigenvalue weighted by molar-refractivity contribution is 0.481. The van der Waals surface area contributed by atoms with E-state index in [2.05, 4.69) is 29.4 Å². The van der Waals surface area contributed by atoms with Crippen LogP contribution >= 0.6 is 0 Å². The minimum Gasteiger partial charge on any atom is -0.322 e. The molecule has 102 valence electrons. The lowest BCUT2D eigenvalue weighted by atomic mass is 9.96. The summed E-state index contributed by atoms with van der Waals surface area (Å²) >= 11 is 0. The first-order valence-electron chi connectivity index (χ1n) is 6.91. The van der Waals surface area contributed by atoms with Crippen molar-refractivity contribution in [2.75, 3.05) is 13.6 Å². The van der Waals surface area contributed by atoms with Crippen molar-refractivity contribution in [1.29, 1.82) is 0 Å². The Morgan fingerprint density at radius 2 is 2.11 bits per heavy atom. The molecule has 0 bridgehead atoms. The molecule has 1 atom stereocenters. The smallest absolute Gasteiger partial charge is 0.251 e. The predicted octanol–water partition coefficient (Wildman–Crippen LogP) is 2.62. The van der Waals surface area contributed by atoms with Crippen LogP contribution in [0.1, 0.15) is 24.5 Å². The Bertz CT molecular complexity index is 616. The Morgan fingerprint density at radius 1 is 1.32 bits per heavy atom. The molecule has 19 heavy (non-hydrogen) atoms. The molecule has 1 aromatic heterocycles. The summed E-state index contributed by atoms with van der Waals surface area (Å²) < 4.78 is 0. The number of pyridine rings is 1. The van der Waals surface area contributed by atoms with Crippen LogP contribution in [0.2, 0.25) is 0 Å². The minimum absolute atomic E-state index is 0.00173. The second kappa shape index (κ2) is 6.02. The predicted molar refractivity (Wildman–Crippen MR) is 80.7 cm³/mol. The zero-order chi connectivity index (χ0) is 13.8. The molecule has 2 N–H and O–H groups in total. The molecule has 3 nitrogen and oxygen atoms in total. The molecule has 0 aliphatic carbocycles. The Hall–Kier alpha value is -1.61. The van der Waals surface area contributed by atoms with Crippen LogP contribution in [-0.4, -0.2) is 18.6 Å². The molecule has 0 saturated carbocycles. The fraction of sp³-hybridized carbons (Fsp3) is 0.438. The topological polar surface area (TPSA) is 44.9 Å². The standard InChI is InChI=1S/C16H22N2O/c1-4-12(10-17-3)8-13-5-6-15-14(9-13)7-11(2)16(19)18-15/h5-7,9,12,17H,4,8,10H2,1-3H3,(H,18,19). The molecule has 1 heterocycles. The van der Waals surface area contributed by atoms with Crippen LogP contribution in [0.5, 0.6) is 0 Å². The number of H-pyrrole nitrogens is 1. The van der Waals surface area contributed by atoms with Crippen molar-refractivity contribution in [3.05, 3.63) is 45.7 Å². The van der Waals surface area contributed by atoms with Gasteiger partial charge in [-0.05, 0) is 62.0 Å². The first kappa shape index (κ1) is 13.8. The van der Waals surface area contributed by atoms with Crippen molar-refractivity contribution in [2.45, 2.75) is 26.7 Å². The fourth-order valence-corrected chi connectivity index (χ4v) is 2.47. The first-order chi connectivity index (χ1) is 9.13. The van der Waals surface area contributed by atoms with E-state index in [-0.39, 0.29) is 5.56 Å². The number of aryl methyl sites for hydroxylation is 1. The molecule has 3 heteroatoms. The number of hydrogen-bond donors (Lipinski definition) is 2. The van der Waals surface area contributed by atoms with Gasteiger partial charge in [0, 0.05) is 11.1 Å². The highest BCUT2D eigenvalue weighted by atomic mass is 16.1. The molecule has 2 rings (SSSR count). The SMILES string of the molecule is CCC(CNC)Cc1ccc2[nH]c(=O)c(C)cc2c1. The quantitative estimate of drug-likeness (QED) is 0.866. The summed E-state index contributed by atoms with van der Waals surface area (Å²) in [5.41, 5.74) is 3.02. The van der Waals surface area contributed by atoms with Crippen LogP contribution in [-0.2, 0) is 6.42 Å². The summed E-state index contributed by atoms with van der Waals surface area (Å²) in [6, 6.07) is 8.29. The maximum atomic E-state index is 11.6. The van der Waals surface area contributed by atoms with E-state index in [1.165, 1.54) is 12.0 Å².